The van der Waals surface area contributed by atoms with Crippen molar-refractivity contribution in [2.45, 2.75) is 396 Å². The van der Waals surface area contributed by atoms with E-state index in [1.54, 1.807) is 34.9 Å². The van der Waals surface area contributed by atoms with E-state index < -0.39 is 0 Å². The quantitative estimate of drug-likeness (QED) is 0.0213. The van der Waals surface area contributed by atoms with E-state index in [1.807, 2.05) is 36.4 Å². The first-order chi connectivity index (χ1) is 60.3. The first-order valence-corrected chi connectivity index (χ1v) is 51.9. The number of anilines is 6. The van der Waals surface area contributed by atoms with Crippen LogP contribution < -0.4 is 34.4 Å². The van der Waals surface area contributed by atoms with Gasteiger partial charge in [-0.1, -0.05) is 195 Å². The first-order valence-electron chi connectivity index (χ1n) is 51.9. The molecule has 714 valence electrons. The highest BCUT2D eigenvalue weighted by Crippen LogP contribution is 2.78. The minimum absolute atomic E-state index is 0.0594. The Hall–Kier alpha value is -6.69. The number of nitrogen functional groups attached to an aromatic ring is 6. The molecule has 12 heteroatoms. The fraction of sp³-hybridized carbons (Fsp3) is 0.718. The number of fused-ring (bicyclic) bond motifs is 15. The Morgan fingerprint density at radius 3 is 0.907 bits per heavy atom. The summed E-state index contributed by atoms with van der Waals surface area (Å²) in [5.41, 5.74) is 54.0. The number of carbonyl (C=O) groups is 3. The molecular weight excluding hydrogens is 1590 g/mol. The predicted molar refractivity (Wildman–Crippen MR) is 541 cm³/mol. The molecule has 0 radical (unpaired) electrons. The van der Waals surface area contributed by atoms with E-state index in [1.165, 1.54) is 152 Å². The van der Waals surface area contributed by atoms with Crippen molar-refractivity contribution in [2.75, 3.05) is 34.4 Å². The van der Waals surface area contributed by atoms with Crippen molar-refractivity contribution < 1.29 is 28.6 Å². The SMILES string of the molecule is CC(C)=CCCC(C)C1CCC2(C)C3CC=C4C(C)(C)C(OC(=O)CCCc5cc(N)cc(N)c5)CCC4(C)C3CCC12C.CC(C)=CCCC(C)C1CCC2(C)C3CC=C4C(C)(C)C(OC(=O)CCc5cc(N)cc(N)c5)CCC4(C)C3CCC12C.CC(C)=CCCC(C)C1CCC2(C)C3CC=C4C(C)(C)C(OC(=O)Cc5cc(N)cc(N)c5)CCC4(C)C3CCC12C. The highest BCUT2D eigenvalue weighted by Gasteiger charge is 2.70. The zero-order valence-corrected chi connectivity index (χ0v) is 85.6. The number of benzene rings is 3. The van der Waals surface area contributed by atoms with E-state index >= 15 is 0 Å². The van der Waals surface area contributed by atoms with E-state index in [0.717, 1.165) is 133 Å². The zero-order valence-electron chi connectivity index (χ0n) is 85.6. The summed E-state index contributed by atoms with van der Waals surface area (Å²) in [4.78, 5) is 39.3. The van der Waals surface area contributed by atoms with Crippen LogP contribution in [0.4, 0.5) is 34.1 Å². The van der Waals surface area contributed by atoms with E-state index in [9.17, 15) is 14.4 Å². The molecule has 3 aromatic carbocycles. The predicted octanol–water partition coefficient (Wildman–Crippen LogP) is 29.0. The molecule has 15 rings (SSSR count). The minimum atomic E-state index is -0.187. The second-order valence-corrected chi connectivity index (χ2v) is 49.8. The molecule has 0 amide bonds. The van der Waals surface area contributed by atoms with Crippen molar-refractivity contribution >= 4 is 52.0 Å². The Morgan fingerprint density at radius 1 is 0.333 bits per heavy atom. The van der Waals surface area contributed by atoms with Gasteiger partial charge in [-0.3, -0.25) is 14.4 Å². The van der Waals surface area contributed by atoms with Crippen LogP contribution in [0.3, 0.4) is 0 Å². The third-order valence-electron chi connectivity index (χ3n) is 40.8. The molecule has 0 saturated heterocycles. The number of esters is 3. The van der Waals surface area contributed by atoms with Gasteiger partial charge in [0, 0.05) is 63.2 Å². The summed E-state index contributed by atoms with van der Waals surface area (Å²) in [7, 11) is 0. The van der Waals surface area contributed by atoms with Gasteiger partial charge in [0.1, 0.15) is 18.3 Å². The van der Waals surface area contributed by atoms with Crippen LogP contribution >= 0.6 is 0 Å². The molecule has 12 nitrogen and oxygen atoms in total. The number of hydrogen-bond donors (Lipinski definition) is 6. The Labute approximate surface area is 783 Å². The number of nitrogens with two attached hydrogens (primary N) is 6. The molecule has 0 bridgehead atoms. The largest absolute Gasteiger partial charge is 0.461 e. The van der Waals surface area contributed by atoms with Gasteiger partial charge in [-0.15, -0.1) is 0 Å². The molecule has 0 heterocycles. The molecule has 0 spiro atoms. The Kier molecular flexibility index (Phi) is 29.3. The Balaban J connectivity index is 0.000000165. The van der Waals surface area contributed by atoms with Crippen LogP contribution in [0.25, 0.3) is 0 Å². The third-order valence-corrected chi connectivity index (χ3v) is 40.8. The third kappa shape index (κ3) is 18.9. The number of ether oxygens (including phenoxy) is 3. The lowest BCUT2D eigenvalue weighted by molar-refractivity contribution is -0.163. The lowest BCUT2D eigenvalue weighted by Crippen LogP contribution is -2.58. The Bertz CT molecular complexity index is 4690. The van der Waals surface area contributed by atoms with Gasteiger partial charge in [-0.25, -0.2) is 0 Å². The normalized spacial score (nSPS) is 36.9. The standard InChI is InChI=1S/C40H62N2O2.C39H60N2O2.C38H58N2O2/c1-26(2)11-9-12-27(3)31-17-21-40(8)33-15-16-34-37(4,5)35(19-20-38(34,6)32(33)18-22-39(31,40)7)44-36(43)14-10-13-28-23-29(41)25-30(42)24-28;1-25(2)10-9-11-26(3)30-16-20-39(8)32-13-14-33-36(4,5)34(18-19-37(33,6)31(32)17-21-38(30,39)7)43-35(42)15-12-27-22-28(40)24-29(41)23-27;1-24(2)10-9-11-25(3)29-14-18-38(8)31-12-13-32-35(4,5)33(16-17-36(32,6)30(31)15-19-37(29,38)7)42-34(41)22-26-20-27(39)23-28(40)21-26/h11,16,23-25,27,31-33,35H,9-10,12-15,17-22,41-42H2,1-8H3;10,14,22-24,26,30-32,34H,9,11-13,15-21,40-41H2,1-8H3;10,13,20-21,23,25,29-31,33H,9,11-12,14-19,22,39-40H2,1-8H3. The fourth-order valence-corrected chi connectivity index (χ4v) is 33.4. The molecule has 3 aromatic rings. The van der Waals surface area contributed by atoms with Gasteiger partial charge in [0.2, 0.25) is 0 Å². The van der Waals surface area contributed by atoms with Crippen LogP contribution in [0, 0.1) is 136 Å². The average molecular weight is 1770 g/mol. The monoisotopic (exact) mass is 1770 g/mol. The summed E-state index contributed by atoms with van der Waals surface area (Å²) in [6, 6.07) is 16.6. The zero-order chi connectivity index (χ0) is 94.1. The van der Waals surface area contributed by atoms with Crippen LogP contribution in [-0.2, 0) is 47.9 Å². The molecule has 129 heavy (non-hydrogen) atoms. The summed E-state index contributed by atoms with van der Waals surface area (Å²) < 4.78 is 18.8. The number of hydrogen-bond acceptors (Lipinski definition) is 12. The topological polar surface area (TPSA) is 235 Å². The molecule has 12 aliphatic carbocycles. The molecule has 24 atom stereocenters. The van der Waals surface area contributed by atoms with E-state index in [2.05, 4.69) is 203 Å². The number of carbonyl (C=O) groups excluding carboxylic acids is 3. The van der Waals surface area contributed by atoms with Gasteiger partial charge in [0.25, 0.3) is 0 Å². The van der Waals surface area contributed by atoms with Crippen molar-refractivity contribution in [3.05, 3.63) is 141 Å². The highest BCUT2D eigenvalue weighted by molar-refractivity contribution is 5.74. The summed E-state index contributed by atoms with van der Waals surface area (Å²) in [5.74, 6) is 8.85. The van der Waals surface area contributed by atoms with Crippen LogP contribution in [0.2, 0.25) is 0 Å². The van der Waals surface area contributed by atoms with E-state index in [0.29, 0.717) is 91.8 Å². The van der Waals surface area contributed by atoms with Gasteiger partial charge >= 0.3 is 17.9 Å². The summed E-state index contributed by atoms with van der Waals surface area (Å²) >= 11 is 0. The van der Waals surface area contributed by atoms with Gasteiger partial charge < -0.3 is 48.6 Å². The molecule has 0 aromatic heterocycles. The van der Waals surface area contributed by atoms with Gasteiger partial charge in [-0.05, 0) is 425 Å². The summed E-state index contributed by atoms with van der Waals surface area (Å²) in [6.45, 7) is 58.8. The Morgan fingerprint density at radius 2 is 0.605 bits per heavy atom. The van der Waals surface area contributed by atoms with Gasteiger partial charge in [-0.2, -0.15) is 0 Å². The maximum absolute atomic E-state index is 13.1. The lowest BCUT2D eigenvalue weighted by Gasteiger charge is -2.64. The molecular formula is C117H180N6O6. The second-order valence-electron chi connectivity index (χ2n) is 49.8. The molecule has 9 saturated carbocycles. The van der Waals surface area contributed by atoms with Crippen molar-refractivity contribution in [1.29, 1.82) is 0 Å². The van der Waals surface area contributed by atoms with Crippen LogP contribution in [-0.4, -0.2) is 36.2 Å². The van der Waals surface area contributed by atoms with Crippen molar-refractivity contribution in [3.63, 3.8) is 0 Å². The highest BCUT2D eigenvalue weighted by atomic mass is 16.6. The summed E-state index contributed by atoms with van der Waals surface area (Å²) in [6.07, 6.45) is 51.7. The van der Waals surface area contributed by atoms with Gasteiger partial charge in [0.15, 0.2) is 0 Å². The van der Waals surface area contributed by atoms with Gasteiger partial charge in [0.05, 0.1) is 6.42 Å². The maximum atomic E-state index is 13.1. The van der Waals surface area contributed by atoms with Crippen molar-refractivity contribution in [1.82, 2.24) is 0 Å². The minimum Gasteiger partial charge on any atom is -0.461 e. The smallest absolute Gasteiger partial charge is 0.310 e. The molecule has 24 unspecified atom stereocenters. The van der Waals surface area contributed by atoms with Crippen LogP contribution in [0.1, 0.15) is 375 Å². The average Bonchev–Trinajstić information content (AvgIpc) is 1.61. The molecule has 12 N–H and O–H groups in total. The fourth-order valence-electron chi connectivity index (χ4n) is 33.4. The van der Waals surface area contributed by atoms with E-state index in [-0.39, 0.29) is 75.1 Å². The number of aryl methyl sites for hydroxylation is 2. The van der Waals surface area contributed by atoms with Crippen LogP contribution in [0.15, 0.2) is 124 Å². The second kappa shape index (κ2) is 37.9. The van der Waals surface area contributed by atoms with Crippen LogP contribution in [0.5, 0.6) is 0 Å². The number of allylic oxidation sites excluding steroid dienone is 9. The number of rotatable bonds is 24. The molecule has 12 aliphatic rings. The first kappa shape index (κ1) is 99.8. The lowest BCUT2D eigenvalue weighted by atomic mass is 9.40. The van der Waals surface area contributed by atoms with Crippen molar-refractivity contribution in [3.8, 4) is 0 Å². The molecule has 0 aliphatic heterocycles. The molecule has 9 fully saturated rings. The van der Waals surface area contributed by atoms with Crippen molar-refractivity contribution in [2.24, 2.45) is 136 Å². The maximum Gasteiger partial charge on any atom is 0.310 e. The summed E-state index contributed by atoms with van der Waals surface area (Å²) in [5, 5.41) is 0. The van der Waals surface area contributed by atoms with E-state index in [4.69, 9.17) is 48.6 Å².